The van der Waals surface area contributed by atoms with E-state index in [1.165, 1.54) is 0 Å². The molecule has 0 radical (unpaired) electrons. The quantitative estimate of drug-likeness (QED) is 0.377. The number of ether oxygens (including phenoxy) is 2. The fraction of sp³-hybridized carbons (Fsp3) is 0.375. The van der Waals surface area contributed by atoms with Crippen LogP contribution in [0, 0.1) is 11.3 Å². The first kappa shape index (κ1) is 23.6. The van der Waals surface area contributed by atoms with Crippen molar-refractivity contribution in [1.29, 1.82) is 5.26 Å². The van der Waals surface area contributed by atoms with Gasteiger partial charge in [-0.1, -0.05) is 16.8 Å². The van der Waals surface area contributed by atoms with Gasteiger partial charge in [0.25, 0.3) is 5.89 Å². The van der Waals surface area contributed by atoms with E-state index < -0.39 is 0 Å². The van der Waals surface area contributed by atoms with Crippen LogP contribution in [0.4, 0.5) is 0 Å². The second-order valence-corrected chi connectivity index (χ2v) is 8.32. The third-order valence-electron chi connectivity index (χ3n) is 4.59. The van der Waals surface area contributed by atoms with Crippen molar-refractivity contribution in [1.82, 2.24) is 15.0 Å². The molecule has 8 heteroatoms. The van der Waals surface area contributed by atoms with E-state index in [4.69, 9.17) is 25.6 Å². The van der Waals surface area contributed by atoms with Crippen molar-refractivity contribution in [2.24, 2.45) is 0 Å². The summed E-state index contributed by atoms with van der Waals surface area (Å²) in [6.07, 6.45) is 2.01. The number of nitriles is 1. The third-order valence-corrected chi connectivity index (χ3v) is 4.90. The first-order valence-electron chi connectivity index (χ1n) is 10.5. The SMILES string of the molecule is CC(C)Oc1ccc(-c2nc(-c3ccc(OCCCCN(C)C)cc3Cl)no2)cc1C#N. The predicted octanol–water partition coefficient (Wildman–Crippen LogP) is 5.44. The highest BCUT2D eigenvalue weighted by atomic mass is 35.5. The van der Waals surface area contributed by atoms with Gasteiger partial charge in [0.1, 0.15) is 17.6 Å². The van der Waals surface area contributed by atoms with Crippen molar-refractivity contribution in [3.63, 3.8) is 0 Å². The molecule has 0 atom stereocenters. The summed E-state index contributed by atoms with van der Waals surface area (Å²) in [7, 11) is 4.11. The molecule has 1 heterocycles. The van der Waals surface area contributed by atoms with Crippen molar-refractivity contribution in [2.75, 3.05) is 27.2 Å². The highest BCUT2D eigenvalue weighted by Crippen LogP contribution is 2.32. The Balaban J connectivity index is 1.71. The Labute approximate surface area is 193 Å². The number of halogens is 1. The molecule has 7 nitrogen and oxygen atoms in total. The molecule has 0 fully saturated rings. The molecular formula is C24H27ClN4O3. The second-order valence-electron chi connectivity index (χ2n) is 7.91. The average Bonchev–Trinajstić information content (AvgIpc) is 3.23. The van der Waals surface area contributed by atoms with Crippen molar-refractivity contribution in [2.45, 2.75) is 32.8 Å². The number of hydrogen-bond acceptors (Lipinski definition) is 7. The zero-order valence-electron chi connectivity index (χ0n) is 18.8. The highest BCUT2D eigenvalue weighted by molar-refractivity contribution is 6.33. The summed E-state index contributed by atoms with van der Waals surface area (Å²) in [6.45, 7) is 5.48. The fourth-order valence-corrected chi connectivity index (χ4v) is 3.30. The van der Waals surface area contributed by atoms with Gasteiger partial charge in [0.05, 0.1) is 23.3 Å². The van der Waals surface area contributed by atoms with Crippen molar-refractivity contribution >= 4 is 11.6 Å². The van der Waals surface area contributed by atoms with E-state index in [1.54, 1.807) is 24.3 Å². The number of unbranched alkanes of at least 4 members (excludes halogenated alkanes) is 1. The van der Waals surface area contributed by atoms with Gasteiger partial charge in [0, 0.05) is 11.1 Å². The first-order chi connectivity index (χ1) is 15.4. The molecule has 2 aromatic carbocycles. The van der Waals surface area contributed by atoms with E-state index in [2.05, 4.69) is 35.2 Å². The summed E-state index contributed by atoms with van der Waals surface area (Å²) >= 11 is 6.45. The Hall–Kier alpha value is -3.08. The molecule has 0 N–H and O–H groups in total. The second kappa shape index (κ2) is 11.0. The Kier molecular flexibility index (Phi) is 8.09. The van der Waals surface area contributed by atoms with E-state index in [1.807, 2.05) is 26.0 Å². The van der Waals surface area contributed by atoms with Crippen molar-refractivity contribution in [3.05, 3.63) is 47.0 Å². The summed E-state index contributed by atoms with van der Waals surface area (Å²) < 4.78 is 16.9. The average molecular weight is 455 g/mol. The minimum Gasteiger partial charge on any atom is -0.494 e. The molecule has 0 spiro atoms. The summed E-state index contributed by atoms with van der Waals surface area (Å²) in [5, 5.41) is 14.0. The lowest BCUT2D eigenvalue weighted by atomic mass is 10.1. The van der Waals surface area contributed by atoms with E-state index in [0.717, 1.165) is 19.4 Å². The van der Waals surface area contributed by atoms with E-state index >= 15 is 0 Å². The van der Waals surface area contributed by atoms with Crippen LogP contribution in [0.5, 0.6) is 11.5 Å². The van der Waals surface area contributed by atoms with Crippen molar-refractivity contribution in [3.8, 4) is 40.4 Å². The van der Waals surface area contributed by atoms with Crippen LogP contribution >= 0.6 is 11.6 Å². The number of aromatic nitrogens is 2. The fourth-order valence-electron chi connectivity index (χ4n) is 3.04. The normalized spacial score (nSPS) is 11.1. The highest BCUT2D eigenvalue weighted by Gasteiger charge is 2.16. The molecule has 1 aromatic heterocycles. The Morgan fingerprint density at radius 2 is 1.97 bits per heavy atom. The van der Waals surface area contributed by atoms with Gasteiger partial charge in [-0.3, -0.25) is 0 Å². The maximum atomic E-state index is 9.44. The van der Waals surface area contributed by atoms with Gasteiger partial charge in [-0.05, 0) is 83.7 Å². The molecule has 0 bridgehead atoms. The summed E-state index contributed by atoms with van der Waals surface area (Å²) in [6, 6.07) is 12.7. The topological polar surface area (TPSA) is 84.4 Å². The van der Waals surface area contributed by atoms with Gasteiger partial charge in [0.15, 0.2) is 0 Å². The number of hydrogen-bond donors (Lipinski definition) is 0. The molecule has 0 unspecified atom stereocenters. The predicted molar refractivity (Wildman–Crippen MR) is 124 cm³/mol. The zero-order valence-corrected chi connectivity index (χ0v) is 19.5. The van der Waals surface area contributed by atoms with Crippen LogP contribution in [0.25, 0.3) is 22.8 Å². The van der Waals surface area contributed by atoms with Crippen LogP contribution in [0.15, 0.2) is 40.9 Å². The molecular weight excluding hydrogens is 428 g/mol. The van der Waals surface area contributed by atoms with Crippen LogP contribution in [0.1, 0.15) is 32.3 Å². The monoisotopic (exact) mass is 454 g/mol. The van der Waals surface area contributed by atoms with Gasteiger partial charge in [-0.2, -0.15) is 10.2 Å². The van der Waals surface area contributed by atoms with E-state index in [0.29, 0.717) is 51.5 Å². The van der Waals surface area contributed by atoms with Crippen LogP contribution in [0.3, 0.4) is 0 Å². The molecule has 3 rings (SSSR count). The molecule has 0 aliphatic rings. The van der Waals surface area contributed by atoms with Gasteiger partial charge < -0.3 is 18.9 Å². The molecule has 0 aliphatic heterocycles. The van der Waals surface area contributed by atoms with Gasteiger partial charge in [-0.15, -0.1) is 0 Å². The first-order valence-corrected chi connectivity index (χ1v) is 10.9. The number of benzene rings is 2. The molecule has 0 aliphatic carbocycles. The standard InChI is InChI=1S/C24H27ClN4O3/c1-16(2)31-22-10-7-17(13-18(22)15-26)24-27-23(28-32-24)20-9-8-19(14-21(20)25)30-12-6-5-11-29(3)4/h7-10,13-14,16H,5-6,11-12H2,1-4H3. The van der Waals surface area contributed by atoms with Crippen molar-refractivity contribution < 1.29 is 14.0 Å². The summed E-state index contributed by atoms with van der Waals surface area (Å²) in [5.74, 6) is 1.88. The molecule has 3 aromatic rings. The minimum atomic E-state index is -0.0323. The molecule has 168 valence electrons. The Morgan fingerprint density at radius 1 is 1.16 bits per heavy atom. The third kappa shape index (κ3) is 6.22. The van der Waals surface area contributed by atoms with Crippen LogP contribution < -0.4 is 9.47 Å². The Morgan fingerprint density at radius 3 is 2.66 bits per heavy atom. The number of rotatable bonds is 10. The molecule has 0 saturated heterocycles. The van der Waals surface area contributed by atoms with Gasteiger partial charge >= 0.3 is 0 Å². The molecule has 0 amide bonds. The molecule has 0 saturated carbocycles. The zero-order chi connectivity index (χ0) is 23.1. The summed E-state index contributed by atoms with van der Waals surface area (Å²) in [5.41, 5.74) is 1.67. The Bertz CT molecular complexity index is 1090. The lowest BCUT2D eigenvalue weighted by Gasteiger charge is -2.11. The summed E-state index contributed by atoms with van der Waals surface area (Å²) in [4.78, 5) is 6.60. The van der Waals surface area contributed by atoms with Crippen LogP contribution in [-0.4, -0.2) is 48.4 Å². The largest absolute Gasteiger partial charge is 0.494 e. The van der Waals surface area contributed by atoms with Crippen LogP contribution in [0.2, 0.25) is 5.02 Å². The smallest absolute Gasteiger partial charge is 0.258 e. The minimum absolute atomic E-state index is 0.0323. The lowest BCUT2D eigenvalue weighted by molar-refractivity contribution is 0.241. The lowest BCUT2D eigenvalue weighted by Crippen LogP contribution is -2.13. The van der Waals surface area contributed by atoms with Crippen LogP contribution in [-0.2, 0) is 0 Å². The van der Waals surface area contributed by atoms with E-state index in [9.17, 15) is 5.26 Å². The maximum Gasteiger partial charge on any atom is 0.258 e. The van der Waals surface area contributed by atoms with Gasteiger partial charge in [-0.25, -0.2) is 0 Å². The maximum absolute atomic E-state index is 9.44. The number of nitrogens with zero attached hydrogens (tertiary/aromatic N) is 4. The van der Waals surface area contributed by atoms with Gasteiger partial charge in [0.2, 0.25) is 5.82 Å². The molecule has 32 heavy (non-hydrogen) atoms. The van der Waals surface area contributed by atoms with E-state index in [-0.39, 0.29) is 6.10 Å².